The molecular formula is C97H139B3FN6O18P3S. The highest BCUT2D eigenvalue weighted by Gasteiger charge is 2.74. The van der Waals surface area contributed by atoms with Crippen LogP contribution in [0.1, 0.15) is 174 Å². The minimum Gasteiger partial charge on any atom is -0.467 e. The van der Waals surface area contributed by atoms with E-state index in [4.69, 9.17) is 56.3 Å². The summed E-state index contributed by atoms with van der Waals surface area (Å²) in [6.45, 7) is 31.8. The third-order valence-electron chi connectivity index (χ3n) is 29.2. The lowest BCUT2D eigenvalue weighted by atomic mass is 9.67. The van der Waals surface area contributed by atoms with Crippen molar-refractivity contribution in [3.63, 3.8) is 0 Å². The highest BCUT2D eigenvalue weighted by atomic mass is 32.2. The molecule has 3 amide bonds. The molecular weight excluding hydrogens is 1710 g/mol. The first kappa shape index (κ1) is 104. The molecule has 9 saturated heterocycles. The van der Waals surface area contributed by atoms with Gasteiger partial charge in [0, 0.05) is 113 Å². The van der Waals surface area contributed by atoms with Gasteiger partial charge < -0.3 is 56.3 Å². The molecule has 24 nitrogen and oxygen atoms in total. The van der Waals surface area contributed by atoms with E-state index in [1.165, 1.54) is 27.6 Å². The number of hydrogen-bond donors (Lipinski definition) is 0. The number of benzene rings is 6. The molecule has 9 atom stereocenters. The van der Waals surface area contributed by atoms with Crippen LogP contribution < -0.4 is 0 Å². The number of ether oxygens (including phenoxy) is 6. The Kier molecular flexibility index (Phi) is 35.8. The SMILES string of the molecule is COC(=O)C12CN(Cc3ccccc3)CC1(CCCB1OC(C)(C)C(C)(C)O1)CCN2C(=O)OCc1ccccc1.COC(=O)[C@@]12CN(Cc3ccccc3)C[C@]1(CCCB1OC(C)(C)C(C)(C)O1)CCN2C(=O)OCc1ccccc1.COC(=O)[C@]12CN(Cc3ccccc3)C[C@@]1(CCCB1OC(C)(C)C(C)(C)O1)CCN2C(=O)OCc1ccccc1.CSF.P.PP. The summed E-state index contributed by atoms with van der Waals surface area (Å²) in [5, 5.41) is 0. The molecule has 15 rings (SSSR count). The number of rotatable bonds is 27. The Morgan fingerprint density at radius 2 is 0.543 bits per heavy atom. The first-order valence-electron chi connectivity index (χ1n) is 45.0. The van der Waals surface area contributed by atoms with Gasteiger partial charge in [-0.05, 0) is 174 Å². The minimum absolute atomic E-state index is 0. The Balaban J connectivity index is 0.000000195. The van der Waals surface area contributed by atoms with Crippen LogP contribution in [0.15, 0.2) is 182 Å². The number of nitrogens with zero attached hydrogens (tertiary/aromatic N) is 6. The molecule has 9 aliphatic heterocycles. The molecule has 0 radical (unpaired) electrons. The van der Waals surface area contributed by atoms with E-state index in [0.29, 0.717) is 117 Å². The van der Waals surface area contributed by atoms with Crippen molar-refractivity contribution in [3.05, 3.63) is 215 Å². The standard InChI is InChI=1S/3C32H43BN2O6.CH3FS.H4P2.H3P/c3*1-29(2)30(3,4)41-33(40-29)19-12-17-31-18-20-35(28(37)39-22-26-15-10-7-11-16-26)32(31,27(36)38-5)24-34(23-31)21-25-13-8-6-9-14-25;1-3-2;1-2;/h3*6-11,13-16H,12,17-24H2,1-5H3;1H3;1-2H2;1H3/t2*31-,32-;;;;/m10..../s1. The fourth-order valence-electron chi connectivity index (χ4n) is 20.8. The van der Waals surface area contributed by atoms with Gasteiger partial charge >= 0.3 is 57.5 Å². The van der Waals surface area contributed by atoms with Crippen LogP contribution in [-0.2, 0) is 110 Å². The van der Waals surface area contributed by atoms with Gasteiger partial charge in [0.2, 0.25) is 0 Å². The first-order valence-corrected chi connectivity index (χ1v) is 48.8. The van der Waals surface area contributed by atoms with Crippen molar-refractivity contribution in [2.24, 2.45) is 16.2 Å². The number of methoxy groups -OCH3 is 3. The summed E-state index contributed by atoms with van der Waals surface area (Å²) in [5.74, 6) is -1.13. The zero-order chi connectivity index (χ0) is 92.6. The summed E-state index contributed by atoms with van der Waals surface area (Å²) >= 11 is 0.250. The number of carbonyl (C=O) groups is 6. The zero-order valence-corrected chi connectivity index (χ0v) is 83.4. The highest BCUT2D eigenvalue weighted by molar-refractivity contribution is 7.93. The molecule has 9 fully saturated rings. The van der Waals surface area contributed by atoms with Crippen molar-refractivity contribution in [1.82, 2.24) is 29.4 Å². The number of amides is 3. The van der Waals surface area contributed by atoms with E-state index in [-0.39, 0.29) is 81.1 Å². The van der Waals surface area contributed by atoms with Gasteiger partial charge in [-0.15, -0.1) is 17.9 Å². The van der Waals surface area contributed by atoms with Crippen molar-refractivity contribution in [1.29, 1.82) is 0 Å². The molecule has 0 aliphatic carbocycles. The number of fused-ring (bicyclic) bond motifs is 3. The number of halogens is 1. The number of hydrogen-bond acceptors (Lipinski definition) is 22. The summed E-state index contributed by atoms with van der Waals surface area (Å²) in [6, 6.07) is 59.5. The quantitative estimate of drug-likeness (QED) is 0.0202. The predicted octanol–water partition coefficient (Wildman–Crippen LogP) is 17.9. The van der Waals surface area contributed by atoms with E-state index >= 15 is 0 Å². The fraction of sp³-hybridized carbons (Fsp3) is 0.567. The summed E-state index contributed by atoms with van der Waals surface area (Å²) in [5.41, 5.74) is -1.01. The van der Waals surface area contributed by atoms with Gasteiger partial charge in [-0.2, -0.15) is 13.8 Å². The summed E-state index contributed by atoms with van der Waals surface area (Å²) in [6.07, 6.45) is 8.74. The first-order chi connectivity index (χ1) is 61.0. The molecule has 0 saturated carbocycles. The van der Waals surface area contributed by atoms with Crippen molar-refractivity contribution in [3.8, 4) is 0 Å². The Hall–Kier alpha value is -7.06. The maximum atomic E-state index is 13.9. The maximum Gasteiger partial charge on any atom is 0.457 e. The Bertz CT molecular complexity index is 4140. The number of esters is 3. The lowest BCUT2D eigenvalue weighted by Gasteiger charge is -2.41. The molecule has 5 unspecified atom stereocenters. The molecule has 6 aromatic rings. The normalized spacial score (nSPS) is 25.6. The number of likely N-dealkylation sites (tertiary alicyclic amines) is 6. The van der Waals surface area contributed by atoms with E-state index in [1.54, 1.807) is 14.7 Å². The smallest absolute Gasteiger partial charge is 0.457 e. The molecule has 0 N–H and O–H groups in total. The molecule has 9 aliphatic rings. The molecule has 9 heterocycles. The van der Waals surface area contributed by atoms with Crippen LogP contribution in [0.5, 0.6) is 0 Å². The molecule has 129 heavy (non-hydrogen) atoms. The van der Waals surface area contributed by atoms with E-state index in [1.807, 2.05) is 146 Å². The highest BCUT2D eigenvalue weighted by Crippen LogP contribution is 2.59. The lowest BCUT2D eigenvalue weighted by Crippen LogP contribution is -2.62. The third kappa shape index (κ3) is 22.6. The largest absolute Gasteiger partial charge is 0.467 e. The van der Waals surface area contributed by atoms with E-state index < -0.39 is 84.7 Å². The van der Waals surface area contributed by atoms with Gasteiger partial charge in [0.1, 0.15) is 19.8 Å². The van der Waals surface area contributed by atoms with E-state index in [0.717, 1.165) is 71.9 Å². The minimum atomic E-state index is -1.14. The van der Waals surface area contributed by atoms with Gasteiger partial charge in [0.05, 0.1) is 54.9 Å². The van der Waals surface area contributed by atoms with E-state index in [9.17, 15) is 32.7 Å². The van der Waals surface area contributed by atoms with Gasteiger partial charge in [-0.1, -0.05) is 201 Å². The maximum absolute atomic E-state index is 13.9. The second kappa shape index (κ2) is 44.4. The van der Waals surface area contributed by atoms with Gasteiger partial charge in [0.25, 0.3) is 0 Å². The Labute approximate surface area is 778 Å². The van der Waals surface area contributed by atoms with Crippen LogP contribution in [-0.4, -0.2) is 224 Å². The second-order valence-electron chi connectivity index (χ2n) is 38.5. The Morgan fingerprint density at radius 3 is 0.736 bits per heavy atom. The molecule has 32 heteroatoms. The van der Waals surface area contributed by atoms with Crippen LogP contribution in [0, 0.1) is 16.2 Å². The monoisotopic (exact) mass is 1850 g/mol. The number of carbonyl (C=O) groups excluding carboxylic acids is 6. The van der Waals surface area contributed by atoms with Gasteiger partial charge in [-0.25, -0.2) is 28.8 Å². The molecule has 0 aromatic heterocycles. The molecule has 0 bridgehead atoms. The summed E-state index contributed by atoms with van der Waals surface area (Å²) < 4.78 is 81.5. The van der Waals surface area contributed by atoms with Crippen molar-refractivity contribution in [2.75, 3.05) is 86.5 Å². The molecule has 6 aromatic carbocycles. The second-order valence-corrected chi connectivity index (χ2v) is 38.8. The molecule has 702 valence electrons. The van der Waals surface area contributed by atoms with Crippen molar-refractivity contribution >= 4 is 97.4 Å². The van der Waals surface area contributed by atoms with Crippen molar-refractivity contribution in [2.45, 2.75) is 250 Å². The summed E-state index contributed by atoms with van der Waals surface area (Å²) in [7, 11) is 7.99. The fourth-order valence-corrected chi connectivity index (χ4v) is 20.8. The topological polar surface area (TPSA) is 233 Å². The molecule has 0 spiro atoms. The third-order valence-corrected chi connectivity index (χ3v) is 29.2. The van der Waals surface area contributed by atoms with Gasteiger partial charge in [-0.3, -0.25) is 29.4 Å². The van der Waals surface area contributed by atoms with Crippen LogP contribution in [0.2, 0.25) is 19.0 Å². The lowest BCUT2D eigenvalue weighted by molar-refractivity contribution is -0.157. The average Bonchev–Trinajstić information content (AvgIpc) is 1.55. The predicted molar refractivity (Wildman–Crippen MR) is 516 cm³/mol. The van der Waals surface area contributed by atoms with Crippen LogP contribution in [0.3, 0.4) is 0 Å². The van der Waals surface area contributed by atoms with Crippen molar-refractivity contribution < 1.29 is 89.0 Å². The van der Waals surface area contributed by atoms with Crippen LogP contribution in [0.4, 0.5) is 18.3 Å². The Morgan fingerprint density at radius 1 is 0.349 bits per heavy atom. The van der Waals surface area contributed by atoms with Crippen LogP contribution in [0.25, 0.3) is 0 Å². The van der Waals surface area contributed by atoms with E-state index in [2.05, 4.69) is 152 Å². The summed E-state index contributed by atoms with van der Waals surface area (Å²) in [4.78, 5) is 94.4. The zero-order valence-electron chi connectivity index (χ0n) is 78.8. The van der Waals surface area contributed by atoms with Crippen LogP contribution >= 0.6 is 39.9 Å². The average molecular weight is 1850 g/mol. The van der Waals surface area contributed by atoms with Gasteiger partial charge in [0.15, 0.2) is 16.6 Å².